The molecule has 0 unspecified atom stereocenters. The lowest BCUT2D eigenvalue weighted by Gasteiger charge is -2.17. The van der Waals surface area contributed by atoms with Crippen molar-refractivity contribution in [3.05, 3.63) is 52.1 Å². The molecule has 0 aliphatic heterocycles. The number of anilines is 2. The molecule has 8 N–H and O–H groups in total. The molecule has 0 radical (unpaired) electrons. The molecule has 0 bridgehead atoms. The molecule has 0 saturated carbocycles. The van der Waals surface area contributed by atoms with E-state index in [1.54, 1.807) is 12.1 Å². The van der Waals surface area contributed by atoms with Gasteiger partial charge in [-0.2, -0.15) is 16.7 Å². The zero-order valence-corrected chi connectivity index (χ0v) is 22.2. The summed E-state index contributed by atoms with van der Waals surface area (Å²) in [6.45, 7) is 0.210. The highest BCUT2D eigenvalue weighted by Gasteiger charge is 2.24. The summed E-state index contributed by atoms with van der Waals surface area (Å²) in [6, 6.07) is 3.73. The predicted octanol–water partition coefficient (Wildman–Crippen LogP) is 0.193. The minimum Gasteiger partial charge on any atom is -0.480 e. The van der Waals surface area contributed by atoms with Crippen molar-refractivity contribution in [3.8, 4) is 0 Å². The first-order valence-corrected chi connectivity index (χ1v) is 13.4. The van der Waals surface area contributed by atoms with Crippen molar-refractivity contribution >= 4 is 58.3 Å². The summed E-state index contributed by atoms with van der Waals surface area (Å²) in [6.07, 6.45) is 2.98. The summed E-state index contributed by atoms with van der Waals surface area (Å²) in [5, 5.41) is 26.5. The smallest absolute Gasteiger partial charge is 0.326 e. The van der Waals surface area contributed by atoms with E-state index in [2.05, 4.69) is 35.9 Å². The number of nitrogens with one attached hydrogen (secondary N) is 4. The third-order valence-electron chi connectivity index (χ3n) is 5.61. The van der Waals surface area contributed by atoms with Crippen LogP contribution in [0.4, 0.5) is 11.6 Å². The van der Waals surface area contributed by atoms with E-state index >= 15 is 0 Å². The molecule has 0 saturated heterocycles. The maximum atomic E-state index is 12.6. The topological polar surface area (TPSA) is 242 Å². The molecule has 2 heterocycles. The van der Waals surface area contributed by atoms with Crippen LogP contribution in [0, 0.1) is 0 Å². The number of nitrogens with zero attached hydrogens (tertiary/aromatic N) is 3. The van der Waals surface area contributed by atoms with E-state index in [0.717, 1.165) is 0 Å². The lowest BCUT2D eigenvalue weighted by atomic mass is 10.1. The number of aromatic amines is 1. The van der Waals surface area contributed by atoms with Gasteiger partial charge in [-0.15, -0.1) is 0 Å². The number of H-pyrrole nitrogens is 1. The van der Waals surface area contributed by atoms with Gasteiger partial charge in [-0.3, -0.25) is 19.4 Å². The lowest BCUT2D eigenvalue weighted by molar-refractivity contribution is -0.142. The summed E-state index contributed by atoms with van der Waals surface area (Å²) < 4.78 is 0. The van der Waals surface area contributed by atoms with Crippen molar-refractivity contribution in [1.29, 1.82) is 0 Å². The molecule has 2 aromatic heterocycles. The minimum atomic E-state index is -1.36. The van der Waals surface area contributed by atoms with Crippen molar-refractivity contribution in [1.82, 2.24) is 30.6 Å². The second kappa shape index (κ2) is 13.9. The Balaban J connectivity index is 1.54. The summed E-state index contributed by atoms with van der Waals surface area (Å²) in [4.78, 5) is 74.3. The van der Waals surface area contributed by atoms with Crippen LogP contribution in [0.1, 0.15) is 35.3 Å². The average Bonchev–Trinajstić information content (AvgIpc) is 2.92. The highest BCUT2D eigenvalue weighted by Crippen LogP contribution is 2.12. The van der Waals surface area contributed by atoms with E-state index in [1.165, 1.54) is 30.1 Å². The first-order chi connectivity index (χ1) is 19.1. The summed E-state index contributed by atoms with van der Waals surface area (Å²) in [5.41, 5.74) is 6.41. The number of nitrogens with two attached hydrogens (primary N) is 1. The second-order valence-corrected chi connectivity index (χ2v) is 9.54. The Morgan fingerprint density at radius 2 is 1.70 bits per heavy atom. The molecular weight excluding hydrogens is 544 g/mol. The van der Waals surface area contributed by atoms with E-state index < -0.39 is 41.4 Å². The summed E-state index contributed by atoms with van der Waals surface area (Å²) in [7, 11) is 0. The van der Waals surface area contributed by atoms with Crippen LogP contribution < -0.4 is 27.2 Å². The number of aromatic nitrogens is 4. The molecule has 40 heavy (non-hydrogen) atoms. The Bertz CT molecular complexity index is 1450. The maximum absolute atomic E-state index is 12.6. The third kappa shape index (κ3) is 8.39. The van der Waals surface area contributed by atoms with Gasteiger partial charge in [-0.05, 0) is 49.1 Å². The number of hydrogen-bond donors (Lipinski definition) is 7. The number of fused-ring (bicyclic) bond motifs is 1. The van der Waals surface area contributed by atoms with Gasteiger partial charge in [0, 0.05) is 17.7 Å². The first kappa shape index (κ1) is 29.8. The molecule has 0 aliphatic rings. The van der Waals surface area contributed by atoms with Crippen molar-refractivity contribution in [2.75, 3.05) is 23.1 Å². The van der Waals surface area contributed by atoms with E-state index in [1.807, 2.05) is 6.26 Å². The molecule has 15 nitrogen and oxygen atoms in total. The summed E-state index contributed by atoms with van der Waals surface area (Å²) >= 11 is 1.44. The number of carbonyl (C=O) groups is 4. The molecule has 3 rings (SSSR count). The van der Waals surface area contributed by atoms with Crippen LogP contribution in [0.3, 0.4) is 0 Å². The SMILES string of the molecule is CSCC[C@H](NC(=O)CC[C@H](NC(=O)c1ccc(NCc2cnc3nc(N)[nH]c(=O)c3n2)cc1)C(=O)O)C(=O)O. The molecule has 0 fully saturated rings. The molecule has 2 amide bonds. The fourth-order valence-electron chi connectivity index (χ4n) is 3.52. The highest BCUT2D eigenvalue weighted by atomic mass is 32.2. The largest absolute Gasteiger partial charge is 0.480 e. The van der Waals surface area contributed by atoms with Crippen molar-refractivity contribution in [3.63, 3.8) is 0 Å². The fraction of sp³-hybridized carbons (Fsp3) is 0.333. The van der Waals surface area contributed by atoms with Crippen LogP contribution >= 0.6 is 11.8 Å². The van der Waals surface area contributed by atoms with E-state index in [-0.39, 0.29) is 48.5 Å². The van der Waals surface area contributed by atoms with Gasteiger partial charge in [0.1, 0.15) is 12.1 Å². The number of carbonyl (C=O) groups excluding carboxylic acids is 2. The molecule has 3 aromatic rings. The Labute approximate surface area is 231 Å². The van der Waals surface area contributed by atoms with Crippen molar-refractivity contribution < 1.29 is 29.4 Å². The van der Waals surface area contributed by atoms with Crippen LogP contribution in [0.5, 0.6) is 0 Å². The maximum Gasteiger partial charge on any atom is 0.326 e. The number of nitrogen functional groups attached to an aromatic ring is 1. The van der Waals surface area contributed by atoms with Gasteiger partial charge in [0.05, 0.1) is 18.4 Å². The van der Waals surface area contributed by atoms with Crippen molar-refractivity contribution in [2.24, 2.45) is 0 Å². The van der Waals surface area contributed by atoms with Crippen molar-refractivity contribution in [2.45, 2.75) is 37.9 Å². The highest BCUT2D eigenvalue weighted by molar-refractivity contribution is 7.98. The van der Waals surface area contributed by atoms with E-state index in [0.29, 0.717) is 17.1 Å². The number of benzene rings is 1. The van der Waals surface area contributed by atoms with Crippen LogP contribution in [-0.4, -0.2) is 78.0 Å². The molecule has 1 aromatic carbocycles. The van der Waals surface area contributed by atoms with Gasteiger partial charge in [0.2, 0.25) is 11.9 Å². The molecule has 2 atom stereocenters. The van der Waals surface area contributed by atoms with Gasteiger partial charge >= 0.3 is 11.9 Å². The van der Waals surface area contributed by atoms with Crippen LogP contribution in [0.2, 0.25) is 0 Å². The standard InChI is InChI=1S/C24H28N8O7S/c1-40-9-8-16(23(38)39)29-17(33)7-6-15(22(36)37)30-20(34)12-2-4-13(5-3-12)26-10-14-11-27-19-18(28-14)21(35)32-24(25)31-19/h2-5,11,15-16,26H,6-10H2,1H3,(H,29,33)(H,30,34)(H,36,37)(H,38,39)(H3,25,27,31,32,35)/t15-,16-/m0/s1. The Morgan fingerprint density at radius 3 is 2.35 bits per heavy atom. The number of thioether (sulfide) groups is 1. The van der Waals surface area contributed by atoms with Crippen LogP contribution in [-0.2, 0) is 20.9 Å². The van der Waals surface area contributed by atoms with E-state index in [4.69, 9.17) is 5.73 Å². The predicted molar refractivity (Wildman–Crippen MR) is 147 cm³/mol. The molecular formula is C24H28N8O7S. The lowest BCUT2D eigenvalue weighted by Crippen LogP contribution is -2.44. The number of aliphatic carboxylic acids is 2. The monoisotopic (exact) mass is 572 g/mol. The quantitative estimate of drug-likeness (QED) is 0.137. The van der Waals surface area contributed by atoms with Gasteiger partial charge < -0.3 is 31.9 Å². The zero-order chi connectivity index (χ0) is 29.2. The van der Waals surface area contributed by atoms with Gasteiger partial charge in [0.25, 0.3) is 11.5 Å². The van der Waals surface area contributed by atoms with Crippen LogP contribution in [0.15, 0.2) is 35.3 Å². The van der Waals surface area contributed by atoms with Crippen LogP contribution in [0.25, 0.3) is 11.2 Å². The molecule has 16 heteroatoms. The van der Waals surface area contributed by atoms with Gasteiger partial charge in [-0.25, -0.2) is 19.6 Å². The second-order valence-electron chi connectivity index (χ2n) is 8.56. The molecule has 212 valence electrons. The Kier molecular flexibility index (Phi) is 10.4. The number of hydrogen-bond acceptors (Lipinski definition) is 11. The number of carboxylic acids is 2. The molecule has 0 aliphatic carbocycles. The summed E-state index contributed by atoms with van der Waals surface area (Å²) in [5.74, 6) is -3.31. The average molecular weight is 573 g/mol. The third-order valence-corrected chi connectivity index (χ3v) is 6.26. The minimum absolute atomic E-state index is 0.0447. The normalized spacial score (nSPS) is 12.3. The number of amides is 2. The first-order valence-electron chi connectivity index (χ1n) is 12.0. The fourth-order valence-corrected chi connectivity index (χ4v) is 3.99. The van der Waals surface area contributed by atoms with Gasteiger partial charge in [0.15, 0.2) is 11.2 Å². The number of carboxylic acid groups (broad SMARTS) is 2. The zero-order valence-electron chi connectivity index (χ0n) is 21.3. The Morgan fingerprint density at radius 1 is 1.02 bits per heavy atom. The Hall–Kier alpha value is -4.73. The van der Waals surface area contributed by atoms with E-state index in [9.17, 15) is 34.2 Å². The molecule has 0 spiro atoms. The number of rotatable bonds is 14. The van der Waals surface area contributed by atoms with Gasteiger partial charge in [-0.1, -0.05) is 0 Å².